The van der Waals surface area contributed by atoms with Gasteiger partial charge in [0.25, 0.3) is 5.91 Å². The van der Waals surface area contributed by atoms with Crippen molar-refractivity contribution in [2.45, 2.75) is 32.7 Å². The molecule has 3 N–H and O–H groups in total. The molecule has 26 heavy (non-hydrogen) atoms. The predicted molar refractivity (Wildman–Crippen MR) is 101 cm³/mol. The molecule has 0 fully saturated rings. The van der Waals surface area contributed by atoms with E-state index in [1.165, 1.54) is 12.1 Å². The van der Waals surface area contributed by atoms with E-state index >= 15 is 0 Å². The first-order valence-electron chi connectivity index (χ1n) is 8.68. The Bertz CT molecular complexity index is 730. The van der Waals surface area contributed by atoms with E-state index in [0.29, 0.717) is 24.2 Å². The van der Waals surface area contributed by atoms with Crippen LogP contribution in [0.25, 0.3) is 0 Å². The van der Waals surface area contributed by atoms with Gasteiger partial charge < -0.3 is 16.0 Å². The van der Waals surface area contributed by atoms with Crippen LogP contribution < -0.4 is 16.0 Å². The third kappa shape index (κ3) is 6.20. The second kappa shape index (κ2) is 9.56. The lowest BCUT2D eigenvalue weighted by Gasteiger charge is -2.12. The van der Waals surface area contributed by atoms with E-state index in [-0.39, 0.29) is 23.8 Å². The van der Waals surface area contributed by atoms with Crippen LogP contribution in [-0.4, -0.2) is 24.5 Å². The van der Waals surface area contributed by atoms with Gasteiger partial charge in [-0.1, -0.05) is 19.1 Å². The molecule has 0 aliphatic rings. The predicted octanol–water partition coefficient (Wildman–Crippen LogP) is 3.72. The monoisotopic (exact) mass is 357 g/mol. The molecule has 0 saturated heterocycles. The van der Waals surface area contributed by atoms with Gasteiger partial charge in [0, 0.05) is 23.8 Å². The smallest absolute Gasteiger partial charge is 0.319 e. The Morgan fingerprint density at radius 3 is 2.31 bits per heavy atom. The Morgan fingerprint density at radius 1 is 1.04 bits per heavy atom. The molecular formula is C20H24FN3O2. The SMILES string of the molecule is CCC(C)NC(=O)c1ccc(NC(=O)NCCc2ccc(F)cc2)cc1. The van der Waals surface area contributed by atoms with Gasteiger partial charge in [0.1, 0.15) is 5.82 Å². The highest BCUT2D eigenvalue weighted by molar-refractivity contribution is 5.95. The fraction of sp³-hybridized carbons (Fsp3) is 0.300. The van der Waals surface area contributed by atoms with Gasteiger partial charge in [-0.2, -0.15) is 0 Å². The van der Waals surface area contributed by atoms with Gasteiger partial charge >= 0.3 is 6.03 Å². The van der Waals surface area contributed by atoms with E-state index in [2.05, 4.69) is 16.0 Å². The standard InChI is InChI=1S/C20H24FN3O2/c1-3-14(2)23-19(25)16-6-10-18(11-7-16)24-20(26)22-13-12-15-4-8-17(21)9-5-15/h4-11,14H,3,12-13H2,1-2H3,(H,23,25)(H2,22,24,26). The molecule has 1 atom stereocenters. The fourth-order valence-corrected chi connectivity index (χ4v) is 2.26. The maximum atomic E-state index is 12.8. The molecule has 0 aliphatic heterocycles. The third-order valence-electron chi connectivity index (χ3n) is 4.01. The van der Waals surface area contributed by atoms with Gasteiger partial charge in [-0.05, 0) is 61.7 Å². The number of benzene rings is 2. The first-order chi connectivity index (χ1) is 12.5. The normalized spacial score (nSPS) is 11.5. The average molecular weight is 357 g/mol. The Hall–Kier alpha value is -2.89. The van der Waals surface area contributed by atoms with Crippen LogP contribution in [0.2, 0.25) is 0 Å². The zero-order chi connectivity index (χ0) is 18.9. The summed E-state index contributed by atoms with van der Waals surface area (Å²) >= 11 is 0. The van der Waals surface area contributed by atoms with Crippen LogP contribution in [0.4, 0.5) is 14.9 Å². The van der Waals surface area contributed by atoms with Crippen LogP contribution in [0.5, 0.6) is 0 Å². The molecule has 6 heteroatoms. The third-order valence-corrected chi connectivity index (χ3v) is 4.01. The molecule has 138 valence electrons. The number of rotatable bonds is 7. The number of carbonyl (C=O) groups excluding carboxylic acids is 2. The highest BCUT2D eigenvalue weighted by Crippen LogP contribution is 2.10. The van der Waals surface area contributed by atoms with Crippen molar-refractivity contribution in [2.75, 3.05) is 11.9 Å². The van der Waals surface area contributed by atoms with Crippen molar-refractivity contribution in [3.05, 3.63) is 65.5 Å². The van der Waals surface area contributed by atoms with Crippen LogP contribution in [0.3, 0.4) is 0 Å². The lowest BCUT2D eigenvalue weighted by molar-refractivity contribution is 0.0939. The highest BCUT2D eigenvalue weighted by Gasteiger charge is 2.09. The quantitative estimate of drug-likeness (QED) is 0.707. The summed E-state index contributed by atoms with van der Waals surface area (Å²) < 4.78 is 12.8. The Balaban J connectivity index is 1.78. The van der Waals surface area contributed by atoms with Crippen LogP contribution in [-0.2, 0) is 6.42 Å². The molecule has 0 aliphatic carbocycles. The number of amides is 3. The van der Waals surface area contributed by atoms with E-state index in [0.717, 1.165) is 12.0 Å². The van der Waals surface area contributed by atoms with Crippen molar-refractivity contribution in [1.82, 2.24) is 10.6 Å². The number of hydrogen-bond acceptors (Lipinski definition) is 2. The largest absolute Gasteiger partial charge is 0.350 e. The molecule has 2 aromatic rings. The summed E-state index contributed by atoms with van der Waals surface area (Å²) in [4.78, 5) is 23.9. The van der Waals surface area contributed by atoms with Gasteiger partial charge in [-0.15, -0.1) is 0 Å². The number of hydrogen-bond donors (Lipinski definition) is 3. The topological polar surface area (TPSA) is 70.2 Å². The number of halogens is 1. The molecule has 0 saturated carbocycles. The van der Waals surface area contributed by atoms with Gasteiger partial charge in [-0.25, -0.2) is 9.18 Å². The number of urea groups is 1. The molecule has 0 radical (unpaired) electrons. The average Bonchev–Trinajstić information content (AvgIpc) is 2.63. The summed E-state index contributed by atoms with van der Waals surface area (Å²) in [5.41, 5.74) is 2.10. The zero-order valence-corrected chi connectivity index (χ0v) is 15.0. The number of nitrogens with one attached hydrogen (secondary N) is 3. The summed E-state index contributed by atoms with van der Waals surface area (Å²) in [6, 6.07) is 12.7. The van der Waals surface area contributed by atoms with Crippen LogP contribution in [0, 0.1) is 5.82 Å². The number of anilines is 1. The molecule has 0 heterocycles. The van der Waals surface area contributed by atoms with E-state index in [1.54, 1.807) is 36.4 Å². The summed E-state index contributed by atoms with van der Waals surface area (Å²) in [5, 5.41) is 8.35. The van der Waals surface area contributed by atoms with Gasteiger partial charge in [-0.3, -0.25) is 4.79 Å². The second-order valence-corrected chi connectivity index (χ2v) is 6.12. The van der Waals surface area contributed by atoms with Gasteiger partial charge in [0.15, 0.2) is 0 Å². The Kier molecular flexibility index (Phi) is 7.14. The van der Waals surface area contributed by atoms with E-state index in [9.17, 15) is 14.0 Å². The lowest BCUT2D eigenvalue weighted by atomic mass is 10.1. The van der Waals surface area contributed by atoms with Crippen molar-refractivity contribution in [3.8, 4) is 0 Å². The zero-order valence-electron chi connectivity index (χ0n) is 15.0. The summed E-state index contributed by atoms with van der Waals surface area (Å²) in [5.74, 6) is -0.407. The maximum Gasteiger partial charge on any atom is 0.319 e. The van der Waals surface area contributed by atoms with Crippen molar-refractivity contribution < 1.29 is 14.0 Å². The van der Waals surface area contributed by atoms with Crippen LogP contribution in [0.1, 0.15) is 36.2 Å². The van der Waals surface area contributed by atoms with Crippen molar-refractivity contribution in [1.29, 1.82) is 0 Å². The Labute approximate surface area is 153 Å². The molecule has 2 rings (SSSR count). The van der Waals surface area contributed by atoms with Crippen LogP contribution >= 0.6 is 0 Å². The molecule has 0 spiro atoms. The van der Waals surface area contributed by atoms with E-state index < -0.39 is 0 Å². The molecule has 0 aromatic heterocycles. The van der Waals surface area contributed by atoms with Gasteiger partial charge in [0.2, 0.25) is 0 Å². The number of carbonyl (C=O) groups is 2. The first-order valence-corrected chi connectivity index (χ1v) is 8.68. The first kappa shape index (κ1) is 19.4. The molecule has 5 nitrogen and oxygen atoms in total. The minimum absolute atomic E-state index is 0.118. The summed E-state index contributed by atoms with van der Waals surface area (Å²) in [6.07, 6.45) is 1.48. The van der Waals surface area contributed by atoms with Crippen LogP contribution in [0.15, 0.2) is 48.5 Å². The summed E-state index contributed by atoms with van der Waals surface area (Å²) in [6.45, 7) is 4.39. The van der Waals surface area contributed by atoms with Gasteiger partial charge in [0.05, 0.1) is 0 Å². The fourth-order valence-electron chi connectivity index (χ4n) is 2.26. The molecular weight excluding hydrogens is 333 g/mol. The lowest BCUT2D eigenvalue weighted by Crippen LogP contribution is -2.32. The van der Waals surface area contributed by atoms with Crippen molar-refractivity contribution in [2.24, 2.45) is 0 Å². The molecule has 2 aromatic carbocycles. The van der Waals surface area contributed by atoms with E-state index in [1.807, 2.05) is 13.8 Å². The molecule has 0 bridgehead atoms. The van der Waals surface area contributed by atoms with Crippen molar-refractivity contribution >= 4 is 17.6 Å². The minimum Gasteiger partial charge on any atom is -0.350 e. The Morgan fingerprint density at radius 2 is 1.69 bits per heavy atom. The highest BCUT2D eigenvalue weighted by atomic mass is 19.1. The summed E-state index contributed by atoms with van der Waals surface area (Å²) in [7, 11) is 0. The van der Waals surface area contributed by atoms with Crippen molar-refractivity contribution in [3.63, 3.8) is 0 Å². The molecule has 3 amide bonds. The second-order valence-electron chi connectivity index (χ2n) is 6.12. The maximum absolute atomic E-state index is 12.8. The molecule has 1 unspecified atom stereocenters. The minimum atomic E-state index is -0.330. The van der Waals surface area contributed by atoms with E-state index in [4.69, 9.17) is 0 Å².